The summed E-state index contributed by atoms with van der Waals surface area (Å²) >= 11 is 3.39. The molecule has 0 atom stereocenters. The van der Waals surface area contributed by atoms with Crippen LogP contribution in [0.4, 0.5) is 17.5 Å². The Morgan fingerprint density at radius 3 is 2.94 bits per heavy atom. The lowest BCUT2D eigenvalue weighted by molar-refractivity contribution is 1.05. The molecule has 90 valence electrons. The van der Waals surface area contributed by atoms with Gasteiger partial charge < -0.3 is 10.6 Å². The number of aryl methyl sites for hydroxylation is 1. The highest BCUT2D eigenvalue weighted by Gasteiger charge is 2.06. The second-order valence-corrected chi connectivity index (χ2v) is 4.28. The maximum atomic E-state index is 4.36. The van der Waals surface area contributed by atoms with Crippen LogP contribution < -0.4 is 10.6 Å². The Hall–Kier alpha value is -1.63. The molecule has 0 saturated carbocycles. The summed E-state index contributed by atoms with van der Waals surface area (Å²) in [6, 6.07) is 0. The minimum atomic E-state index is 0.536. The van der Waals surface area contributed by atoms with Gasteiger partial charge in [-0.15, -0.1) is 0 Å². The first-order chi connectivity index (χ1) is 8.20. The van der Waals surface area contributed by atoms with Gasteiger partial charge in [-0.2, -0.15) is 10.1 Å². The zero-order valence-electron chi connectivity index (χ0n) is 9.58. The van der Waals surface area contributed by atoms with Gasteiger partial charge in [0, 0.05) is 18.9 Å². The molecule has 17 heavy (non-hydrogen) atoms. The van der Waals surface area contributed by atoms with E-state index in [1.807, 2.05) is 13.8 Å². The zero-order valence-corrected chi connectivity index (χ0v) is 11.2. The SMILES string of the molecule is CCNc1nc(Nc2c[nH]nc2C)ncc1Br. The largest absolute Gasteiger partial charge is 0.369 e. The minimum Gasteiger partial charge on any atom is -0.369 e. The van der Waals surface area contributed by atoms with E-state index in [1.54, 1.807) is 12.4 Å². The van der Waals surface area contributed by atoms with Crippen molar-refractivity contribution in [2.75, 3.05) is 17.2 Å². The summed E-state index contributed by atoms with van der Waals surface area (Å²) in [5, 5.41) is 13.0. The molecular weight excluding hydrogens is 284 g/mol. The molecule has 3 N–H and O–H groups in total. The number of hydrogen-bond donors (Lipinski definition) is 3. The molecule has 0 aliphatic rings. The Morgan fingerprint density at radius 2 is 2.29 bits per heavy atom. The van der Waals surface area contributed by atoms with E-state index in [1.165, 1.54) is 0 Å². The summed E-state index contributed by atoms with van der Waals surface area (Å²) in [5.41, 5.74) is 1.75. The van der Waals surface area contributed by atoms with E-state index >= 15 is 0 Å². The Kier molecular flexibility index (Phi) is 3.58. The van der Waals surface area contributed by atoms with Crippen LogP contribution in [0, 0.1) is 6.92 Å². The minimum absolute atomic E-state index is 0.536. The van der Waals surface area contributed by atoms with Crippen LogP contribution in [-0.4, -0.2) is 26.7 Å². The smallest absolute Gasteiger partial charge is 0.229 e. The standard InChI is InChI=1S/C10H13BrN6/c1-3-12-9-7(11)4-13-10(16-9)15-8-5-14-17-6(8)2/h4-5H,3H2,1-2H3,(H,14,17)(H2,12,13,15,16). The van der Waals surface area contributed by atoms with Gasteiger partial charge in [-0.1, -0.05) is 0 Å². The summed E-state index contributed by atoms with van der Waals surface area (Å²) in [6.07, 6.45) is 3.48. The average molecular weight is 297 g/mol. The first-order valence-electron chi connectivity index (χ1n) is 5.24. The van der Waals surface area contributed by atoms with Crippen molar-refractivity contribution in [3.8, 4) is 0 Å². The molecule has 2 aromatic heterocycles. The third kappa shape index (κ3) is 2.73. The van der Waals surface area contributed by atoms with Gasteiger partial charge in [-0.25, -0.2) is 4.98 Å². The highest BCUT2D eigenvalue weighted by Crippen LogP contribution is 2.22. The third-order valence-corrected chi connectivity index (χ3v) is 2.75. The Labute approximate surface area is 107 Å². The van der Waals surface area contributed by atoms with Crippen molar-refractivity contribution < 1.29 is 0 Å². The van der Waals surface area contributed by atoms with Gasteiger partial charge in [-0.3, -0.25) is 5.10 Å². The molecule has 0 spiro atoms. The van der Waals surface area contributed by atoms with Crippen molar-refractivity contribution >= 4 is 33.4 Å². The molecular formula is C10H13BrN6. The van der Waals surface area contributed by atoms with Gasteiger partial charge in [0.05, 0.1) is 15.9 Å². The lowest BCUT2D eigenvalue weighted by atomic mass is 10.4. The van der Waals surface area contributed by atoms with Crippen LogP contribution in [0.5, 0.6) is 0 Å². The monoisotopic (exact) mass is 296 g/mol. The highest BCUT2D eigenvalue weighted by molar-refractivity contribution is 9.10. The van der Waals surface area contributed by atoms with Crippen molar-refractivity contribution in [3.63, 3.8) is 0 Å². The van der Waals surface area contributed by atoms with Crippen LogP contribution in [0.3, 0.4) is 0 Å². The molecule has 0 amide bonds. The third-order valence-electron chi connectivity index (χ3n) is 2.17. The molecule has 2 aromatic rings. The van der Waals surface area contributed by atoms with Crippen molar-refractivity contribution in [1.29, 1.82) is 0 Å². The second-order valence-electron chi connectivity index (χ2n) is 3.43. The Balaban J connectivity index is 2.22. The summed E-state index contributed by atoms with van der Waals surface area (Å²) in [7, 11) is 0. The van der Waals surface area contributed by atoms with Crippen LogP contribution in [-0.2, 0) is 0 Å². The fourth-order valence-electron chi connectivity index (χ4n) is 1.32. The zero-order chi connectivity index (χ0) is 12.3. The van der Waals surface area contributed by atoms with Gasteiger partial charge in [0.2, 0.25) is 5.95 Å². The number of nitrogens with zero attached hydrogens (tertiary/aromatic N) is 3. The number of hydrogen-bond acceptors (Lipinski definition) is 5. The topological polar surface area (TPSA) is 78.5 Å². The van der Waals surface area contributed by atoms with Gasteiger partial charge in [-0.05, 0) is 29.8 Å². The normalized spacial score (nSPS) is 10.3. The van der Waals surface area contributed by atoms with Crippen LogP contribution in [0.15, 0.2) is 16.9 Å². The van der Waals surface area contributed by atoms with E-state index in [0.717, 1.165) is 28.2 Å². The quantitative estimate of drug-likeness (QED) is 0.808. The molecule has 0 fully saturated rings. The molecule has 6 nitrogen and oxygen atoms in total. The van der Waals surface area contributed by atoms with Gasteiger partial charge in [0.1, 0.15) is 5.82 Å². The van der Waals surface area contributed by atoms with E-state index in [0.29, 0.717) is 5.95 Å². The summed E-state index contributed by atoms with van der Waals surface area (Å²) in [6.45, 7) is 4.73. The number of halogens is 1. The molecule has 0 unspecified atom stereocenters. The fraction of sp³-hybridized carbons (Fsp3) is 0.300. The number of H-pyrrole nitrogens is 1. The van der Waals surface area contributed by atoms with E-state index in [9.17, 15) is 0 Å². The van der Waals surface area contributed by atoms with Crippen molar-refractivity contribution in [2.24, 2.45) is 0 Å². The van der Waals surface area contributed by atoms with Crippen LogP contribution >= 0.6 is 15.9 Å². The molecule has 0 radical (unpaired) electrons. The fourth-order valence-corrected chi connectivity index (χ4v) is 1.66. The number of nitrogens with one attached hydrogen (secondary N) is 3. The van der Waals surface area contributed by atoms with Gasteiger partial charge in [0.15, 0.2) is 0 Å². The van der Waals surface area contributed by atoms with E-state index in [4.69, 9.17) is 0 Å². The van der Waals surface area contributed by atoms with E-state index in [2.05, 4.69) is 46.7 Å². The predicted molar refractivity (Wildman–Crippen MR) is 70.5 cm³/mol. The molecule has 2 rings (SSSR count). The highest BCUT2D eigenvalue weighted by atomic mass is 79.9. The maximum absolute atomic E-state index is 4.36. The summed E-state index contributed by atoms with van der Waals surface area (Å²) in [5.74, 6) is 1.31. The number of anilines is 3. The van der Waals surface area contributed by atoms with Crippen molar-refractivity contribution in [3.05, 3.63) is 22.6 Å². The molecule has 0 saturated heterocycles. The van der Waals surface area contributed by atoms with Crippen LogP contribution in [0.25, 0.3) is 0 Å². The van der Waals surface area contributed by atoms with E-state index in [-0.39, 0.29) is 0 Å². The maximum Gasteiger partial charge on any atom is 0.229 e. The molecule has 7 heteroatoms. The van der Waals surface area contributed by atoms with Crippen LogP contribution in [0.1, 0.15) is 12.6 Å². The van der Waals surface area contributed by atoms with Gasteiger partial charge >= 0.3 is 0 Å². The first-order valence-corrected chi connectivity index (χ1v) is 6.03. The first kappa shape index (κ1) is 11.8. The lowest BCUT2D eigenvalue weighted by Crippen LogP contribution is -2.04. The molecule has 0 bridgehead atoms. The van der Waals surface area contributed by atoms with Gasteiger partial charge in [0.25, 0.3) is 0 Å². The molecule has 0 aromatic carbocycles. The van der Waals surface area contributed by atoms with E-state index < -0.39 is 0 Å². The van der Waals surface area contributed by atoms with Crippen molar-refractivity contribution in [1.82, 2.24) is 20.2 Å². The summed E-state index contributed by atoms with van der Waals surface area (Å²) < 4.78 is 0.841. The van der Waals surface area contributed by atoms with Crippen LogP contribution in [0.2, 0.25) is 0 Å². The predicted octanol–water partition coefficient (Wildman–Crippen LogP) is 2.45. The number of aromatic nitrogens is 4. The molecule has 2 heterocycles. The molecule has 0 aliphatic carbocycles. The number of aromatic amines is 1. The average Bonchev–Trinajstić information content (AvgIpc) is 2.70. The summed E-state index contributed by atoms with van der Waals surface area (Å²) in [4.78, 5) is 8.54. The molecule has 0 aliphatic heterocycles. The van der Waals surface area contributed by atoms with Crippen molar-refractivity contribution in [2.45, 2.75) is 13.8 Å². The second kappa shape index (κ2) is 5.13. The Bertz CT molecular complexity index is 509. The Morgan fingerprint density at radius 1 is 1.47 bits per heavy atom. The number of rotatable bonds is 4. The lowest BCUT2D eigenvalue weighted by Gasteiger charge is -2.07.